The Labute approximate surface area is 168 Å². The molecule has 0 saturated carbocycles. The van der Waals surface area contributed by atoms with E-state index in [4.69, 9.17) is 5.11 Å². The van der Waals surface area contributed by atoms with E-state index in [1.165, 1.54) is 24.3 Å². The van der Waals surface area contributed by atoms with E-state index >= 15 is 0 Å². The van der Waals surface area contributed by atoms with Crippen molar-refractivity contribution in [3.63, 3.8) is 0 Å². The van der Waals surface area contributed by atoms with Crippen molar-refractivity contribution in [2.75, 3.05) is 0 Å². The molecule has 0 atom stereocenters. The third kappa shape index (κ3) is 6.24. The molecular formula is C21H23N3O5. The summed E-state index contributed by atoms with van der Waals surface area (Å²) in [5.41, 5.74) is 4.73. The summed E-state index contributed by atoms with van der Waals surface area (Å²) < 4.78 is 0. The topological polar surface area (TPSA) is 122 Å². The average molecular weight is 397 g/mol. The molecule has 2 N–H and O–H groups in total. The molecule has 1 amide bonds. The van der Waals surface area contributed by atoms with Gasteiger partial charge in [0.25, 0.3) is 11.6 Å². The van der Waals surface area contributed by atoms with Gasteiger partial charge >= 0.3 is 5.97 Å². The minimum Gasteiger partial charge on any atom is -0.481 e. The van der Waals surface area contributed by atoms with E-state index in [0.29, 0.717) is 11.3 Å². The van der Waals surface area contributed by atoms with Crippen LogP contribution < -0.4 is 5.43 Å². The summed E-state index contributed by atoms with van der Waals surface area (Å²) in [6.07, 6.45) is 0.0119. The van der Waals surface area contributed by atoms with Gasteiger partial charge in [-0.1, -0.05) is 45.0 Å². The summed E-state index contributed by atoms with van der Waals surface area (Å²) in [7, 11) is 0. The first-order chi connectivity index (χ1) is 13.6. The Kier molecular flexibility index (Phi) is 6.82. The highest BCUT2D eigenvalue weighted by molar-refractivity contribution is 6.03. The predicted molar refractivity (Wildman–Crippen MR) is 109 cm³/mol. The van der Waals surface area contributed by atoms with Crippen LogP contribution in [0.2, 0.25) is 0 Å². The first kappa shape index (κ1) is 21.7. The molecule has 2 aromatic rings. The number of nitrogens with one attached hydrogen (secondary N) is 1. The zero-order valence-electron chi connectivity index (χ0n) is 16.5. The van der Waals surface area contributed by atoms with Gasteiger partial charge in [-0.25, -0.2) is 5.43 Å². The molecule has 0 fully saturated rings. The largest absolute Gasteiger partial charge is 0.481 e. The maximum Gasteiger partial charge on any atom is 0.303 e. The highest BCUT2D eigenvalue weighted by Crippen LogP contribution is 2.22. The molecule has 0 radical (unpaired) electrons. The van der Waals surface area contributed by atoms with E-state index in [0.717, 1.165) is 5.56 Å². The summed E-state index contributed by atoms with van der Waals surface area (Å²) >= 11 is 0. The molecule has 0 aliphatic carbocycles. The number of rotatable bonds is 7. The molecule has 0 aliphatic heterocycles. The molecule has 29 heavy (non-hydrogen) atoms. The van der Waals surface area contributed by atoms with Gasteiger partial charge in [-0.3, -0.25) is 19.7 Å². The van der Waals surface area contributed by atoms with Crippen molar-refractivity contribution in [1.29, 1.82) is 0 Å². The molecule has 0 spiro atoms. The van der Waals surface area contributed by atoms with E-state index in [1.807, 2.05) is 24.3 Å². The van der Waals surface area contributed by atoms with Crippen LogP contribution in [0.25, 0.3) is 0 Å². The summed E-state index contributed by atoms with van der Waals surface area (Å²) in [5.74, 6) is -1.51. The minimum absolute atomic E-state index is 0.0267. The van der Waals surface area contributed by atoms with E-state index in [9.17, 15) is 19.7 Å². The van der Waals surface area contributed by atoms with Crippen molar-refractivity contribution in [3.8, 4) is 0 Å². The fraction of sp³-hybridized carbons (Fsp3) is 0.286. The Morgan fingerprint density at radius 3 is 2.03 bits per heavy atom. The highest BCUT2D eigenvalue weighted by Gasteiger charge is 2.15. The summed E-state index contributed by atoms with van der Waals surface area (Å²) in [4.78, 5) is 33.4. The number of non-ortho nitro benzene ring substituents is 1. The number of nitrogens with zero attached hydrogens (tertiary/aromatic N) is 2. The lowest BCUT2D eigenvalue weighted by Gasteiger charge is -2.19. The summed E-state index contributed by atoms with van der Waals surface area (Å²) in [5, 5.41) is 23.8. The fourth-order valence-electron chi connectivity index (χ4n) is 2.57. The maximum atomic E-state index is 12.3. The first-order valence-corrected chi connectivity index (χ1v) is 9.02. The summed E-state index contributed by atoms with van der Waals surface area (Å²) in [6.45, 7) is 6.27. The highest BCUT2D eigenvalue weighted by atomic mass is 16.6. The van der Waals surface area contributed by atoms with Crippen molar-refractivity contribution < 1.29 is 19.6 Å². The monoisotopic (exact) mass is 397 g/mol. The number of carbonyl (C=O) groups excluding carboxylic acids is 1. The molecule has 0 saturated heterocycles. The van der Waals surface area contributed by atoms with E-state index in [1.54, 1.807) is 0 Å². The first-order valence-electron chi connectivity index (χ1n) is 9.02. The van der Waals surface area contributed by atoms with Crippen molar-refractivity contribution in [1.82, 2.24) is 5.43 Å². The molecule has 8 nitrogen and oxygen atoms in total. The van der Waals surface area contributed by atoms with Crippen LogP contribution >= 0.6 is 0 Å². The number of hydrazone groups is 1. The second-order valence-electron chi connectivity index (χ2n) is 7.52. The number of amides is 1. The van der Waals surface area contributed by atoms with Crippen LogP contribution in [0, 0.1) is 10.1 Å². The van der Waals surface area contributed by atoms with Crippen molar-refractivity contribution in [3.05, 3.63) is 75.3 Å². The van der Waals surface area contributed by atoms with Gasteiger partial charge in [0.05, 0.1) is 17.1 Å². The van der Waals surface area contributed by atoms with Gasteiger partial charge in [0.15, 0.2) is 0 Å². The van der Waals surface area contributed by atoms with Gasteiger partial charge < -0.3 is 5.11 Å². The normalized spacial score (nSPS) is 11.8. The number of carboxylic acid groups (broad SMARTS) is 1. The molecular weight excluding hydrogens is 374 g/mol. The number of carbonyl (C=O) groups is 2. The zero-order chi connectivity index (χ0) is 21.6. The van der Waals surface area contributed by atoms with E-state index in [2.05, 4.69) is 31.3 Å². The smallest absolute Gasteiger partial charge is 0.303 e. The number of carboxylic acids is 1. The van der Waals surface area contributed by atoms with Crippen LogP contribution in [0.15, 0.2) is 53.6 Å². The lowest BCUT2D eigenvalue weighted by molar-refractivity contribution is -0.384. The van der Waals surface area contributed by atoms with Crippen molar-refractivity contribution in [2.24, 2.45) is 5.10 Å². The predicted octanol–water partition coefficient (Wildman–Crippen LogP) is 3.89. The van der Waals surface area contributed by atoms with Crippen LogP contribution in [0.3, 0.4) is 0 Å². The van der Waals surface area contributed by atoms with Gasteiger partial charge in [-0.15, -0.1) is 0 Å². The maximum absolute atomic E-state index is 12.3. The van der Waals surface area contributed by atoms with E-state index < -0.39 is 16.8 Å². The molecule has 2 rings (SSSR count). The Balaban J connectivity index is 2.22. The SMILES string of the molecule is CC(C)(C)c1ccc(/C(CCC(=O)O)=N\NC(=O)c2ccc([N+](=O)[O-])cc2)cc1. The van der Waals surface area contributed by atoms with Gasteiger partial charge in [0.2, 0.25) is 0 Å². The number of hydrogen-bond acceptors (Lipinski definition) is 5. The third-order valence-electron chi connectivity index (χ3n) is 4.29. The number of hydrogen-bond donors (Lipinski definition) is 2. The van der Waals surface area contributed by atoms with Crippen molar-refractivity contribution >= 4 is 23.3 Å². The van der Waals surface area contributed by atoms with Crippen LogP contribution in [0.1, 0.15) is 55.1 Å². The third-order valence-corrected chi connectivity index (χ3v) is 4.29. The number of nitro benzene ring substituents is 1. The van der Waals surface area contributed by atoms with Gasteiger partial charge in [-0.2, -0.15) is 5.10 Å². The fourth-order valence-corrected chi connectivity index (χ4v) is 2.57. The molecule has 0 bridgehead atoms. The Hall–Kier alpha value is -3.55. The summed E-state index contributed by atoms with van der Waals surface area (Å²) in [6, 6.07) is 12.7. The van der Waals surface area contributed by atoms with Gasteiger partial charge in [0.1, 0.15) is 0 Å². The lowest BCUT2D eigenvalue weighted by Crippen LogP contribution is -2.20. The van der Waals surface area contributed by atoms with Crippen LogP contribution in [-0.4, -0.2) is 27.6 Å². The molecule has 2 aromatic carbocycles. The van der Waals surface area contributed by atoms with Gasteiger partial charge in [0, 0.05) is 24.1 Å². The Bertz CT molecular complexity index is 926. The lowest BCUT2D eigenvalue weighted by atomic mass is 9.86. The van der Waals surface area contributed by atoms with Gasteiger partial charge in [-0.05, 0) is 28.7 Å². The Morgan fingerprint density at radius 1 is 1.00 bits per heavy atom. The van der Waals surface area contributed by atoms with Crippen molar-refractivity contribution in [2.45, 2.75) is 39.0 Å². The quantitative estimate of drug-likeness (QED) is 0.417. The standard InChI is InChI=1S/C21H23N3O5/c1-21(2,3)16-8-4-14(5-9-16)18(12-13-19(25)26)22-23-20(27)15-6-10-17(11-7-15)24(28)29/h4-11H,12-13H2,1-3H3,(H,23,27)(H,25,26)/b22-18-. The molecule has 0 aliphatic rings. The molecule has 0 aromatic heterocycles. The molecule has 152 valence electrons. The second kappa shape index (κ2) is 9.09. The van der Waals surface area contributed by atoms with Crippen LogP contribution in [0.5, 0.6) is 0 Å². The molecule has 0 unspecified atom stereocenters. The molecule has 0 heterocycles. The minimum atomic E-state index is -0.967. The Morgan fingerprint density at radius 2 is 1.55 bits per heavy atom. The number of aliphatic carboxylic acids is 1. The van der Waals surface area contributed by atoms with E-state index in [-0.39, 0.29) is 29.5 Å². The van der Waals surface area contributed by atoms with Crippen LogP contribution in [-0.2, 0) is 10.2 Å². The number of nitro groups is 1. The average Bonchev–Trinajstić information content (AvgIpc) is 2.67. The van der Waals surface area contributed by atoms with Crippen LogP contribution in [0.4, 0.5) is 5.69 Å². The zero-order valence-corrected chi connectivity index (χ0v) is 16.5. The molecule has 8 heteroatoms. The number of benzene rings is 2. The second-order valence-corrected chi connectivity index (χ2v) is 7.52.